The monoisotopic (exact) mass is 441 g/mol. The Morgan fingerprint density at radius 1 is 1.13 bits per heavy atom. The molecule has 31 heavy (non-hydrogen) atoms. The summed E-state index contributed by atoms with van der Waals surface area (Å²) >= 11 is 6.26. The topological polar surface area (TPSA) is 82.5 Å². The molecular weight excluding hydrogens is 418 g/mol. The number of carbonyl (C=O) groups excluding carboxylic acids is 2. The van der Waals surface area contributed by atoms with Crippen LogP contribution in [-0.4, -0.2) is 35.9 Å². The Morgan fingerprint density at radius 3 is 2.55 bits per heavy atom. The van der Waals surface area contributed by atoms with Crippen molar-refractivity contribution < 1.29 is 19.1 Å². The van der Waals surface area contributed by atoms with Gasteiger partial charge in [0.15, 0.2) is 0 Å². The number of hydrogen-bond donors (Lipinski definition) is 1. The predicted octanol–water partition coefficient (Wildman–Crippen LogP) is 3.93. The van der Waals surface area contributed by atoms with Gasteiger partial charge in [0.25, 0.3) is 5.91 Å². The smallest absolute Gasteiger partial charge is 0.341 e. The van der Waals surface area contributed by atoms with Crippen LogP contribution in [0.15, 0.2) is 42.5 Å². The van der Waals surface area contributed by atoms with Crippen LogP contribution < -0.4 is 10.1 Å². The van der Waals surface area contributed by atoms with Crippen molar-refractivity contribution in [3.8, 4) is 5.75 Å². The number of ether oxygens (including phenoxy) is 2. The molecule has 0 radical (unpaired) electrons. The highest BCUT2D eigenvalue weighted by Crippen LogP contribution is 2.22. The summed E-state index contributed by atoms with van der Waals surface area (Å²) < 4.78 is 11.8. The fraction of sp³-hybridized carbons (Fsp3) is 0.261. The third kappa shape index (κ3) is 4.88. The minimum atomic E-state index is -0.502. The van der Waals surface area contributed by atoms with Crippen molar-refractivity contribution in [1.82, 2.24) is 15.1 Å². The number of halogens is 1. The maximum Gasteiger partial charge on any atom is 0.341 e. The molecule has 0 saturated heterocycles. The van der Waals surface area contributed by atoms with E-state index in [1.165, 1.54) is 14.2 Å². The summed E-state index contributed by atoms with van der Waals surface area (Å²) in [6.45, 7) is 4.37. The van der Waals surface area contributed by atoms with Gasteiger partial charge >= 0.3 is 5.97 Å². The van der Waals surface area contributed by atoms with E-state index in [9.17, 15) is 9.59 Å². The molecule has 0 aliphatic heterocycles. The van der Waals surface area contributed by atoms with Gasteiger partial charge in [-0.3, -0.25) is 9.48 Å². The maximum absolute atomic E-state index is 12.9. The molecule has 0 aliphatic rings. The Morgan fingerprint density at radius 2 is 1.87 bits per heavy atom. The lowest BCUT2D eigenvalue weighted by atomic mass is 10.1. The Kier molecular flexibility index (Phi) is 6.97. The zero-order valence-corrected chi connectivity index (χ0v) is 18.6. The Hall–Kier alpha value is -3.32. The first-order valence-corrected chi connectivity index (χ1v) is 10.0. The number of rotatable bonds is 7. The first-order chi connectivity index (χ1) is 14.8. The molecular formula is C23H24ClN3O4. The zero-order valence-electron chi connectivity index (χ0n) is 17.9. The van der Waals surface area contributed by atoms with Crippen LogP contribution in [-0.2, 0) is 17.8 Å². The number of amides is 1. The van der Waals surface area contributed by atoms with Crippen molar-refractivity contribution >= 4 is 23.5 Å². The lowest BCUT2D eigenvalue weighted by Gasteiger charge is -2.11. The second-order valence-corrected chi connectivity index (χ2v) is 7.41. The van der Waals surface area contributed by atoms with Crippen LogP contribution >= 0.6 is 11.6 Å². The van der Waals surface area contributed by atoms with Crippen LogP contribution in [0, 0.1) is 13.8 Å². The summed E-state index contributed by atoms with van der Waals surface area (Å²) in [5.74, 6) is -0.331. The van der Waals surface area contributed by atoms with Gasteiger partial charge in [-0.1, -0.05) is 35.9 Å². The summed E-state index contributed by atoms with van der Waals surface area (Å²) in [5, 5.41) is 8.06. The summed E-state index contributed by atoms with van der Waals surface area (Å²) in [7, 11) is 2.79. The van der Waals surface area contributed by atoms with Gasteiger partial charge in [0.05, 0.1) is 32.0 Å². The summed E-state index contributed by atoms with van der Waals surface area (Å²) in [6, 6.07) is 12.6. The molecule has 0 unspecified atom stereocenters. The molecule has 1 aromatic heterocycles. The second-order valence-electron chi connectivity index (χ2n) is 7.00. The SMILES string of the molecule is COC(=O)c1cc(CNC(=O)c2c(C)nn(Cc3ccccc3Cl)c2C)ccc1OC. The molecule has 1 N–H and O–H groups in total. The minimum absolute atomic E-state index is 0.237. The summed E-state index contributed by atoms with van der Waals surface area (Å²) in [5.41, 5.74) is 3.88. The normalized spacial score (nSPS) is 10.6. The fourth-order valence-corrected chi connectivity index (χ4v) is 3.57. The highest BCUT2D eigenvalue weighted by molar-refractivity contribution is 6.31. The van der Waals surface area contributed by atoms with Gasteiger partial charge in [-0.2, -0.15) is 5.10 Å². The van der Waals surface area contributed by atoms with Gasteiger partial charge < -0.3 is 14.8 Å². The third-order valence-electron chi connectivity index (χ3n) is 5.01. The van der Waals surface area contributed by atoms with Crippen molar-refractivity contribution in [3.63, 3.8) is 0 Å². The zero-order chi connectivity index (χ0) is 22.5. The number of carbonyl (C=O) groups is 2. The van der Waals surface area contributed by atoms with Crippen LogP contribution in [0.25, 0.3) is 0 Å². The van der Waals surface area contributed by atoms with E-state index in [2.05, 4.69) is 10.4 Å². The standard InChI is InChI=1S/C23H24ClN3O4/c1-14-21(15(2)27(26-14)13-17-7-5-6-8-19(17)24)22(28)25-12-16-9-10-20(30-3)18(11-16)23(29)31-4/h5-11H,12-13H2,1-4H3,(H,25,28). The first-order valence-electron chi connectivity index (χ1n) is 9.66. The number of hydrogen-bond acceptors (Lipinski definition) is 5. The molecule has 7 nitrogen and oxygen atoms in total. The van der Waals surface area contributed by atoms with E-state index in [0.29, 0.717) is 34.1 Å². The summed E-state index contributed by atoms with van der Waals surface area (Å²) in [4.78, 5) is 24.8. The van der Waals surface area contributed by atoms with Gasteiger partial charge in [-0.05, 0) is 43.2 Å². The highest BCUT2D eigenvalue weighted by Gasteiger charge is 2.20. The van der Waals surface area contributed by atoms with Crippen molar-refractivity contribution in [3.05, 3.63) is 81.1 Å². The second kappa shape index (κ2) is 9.66. The van der Waals surface area contributed by atoms with E-state index in [-0.39, 0.29) is 12.5 Å². The van der Waals surface area contributed by atoms with Gasteiger partial charge in [0.1, 0.15) is 11.3 Å². The number of aryl methyl sites for hydroxylation is 1. The number of nitrogens with one attached hydrogen (secondary N) is 1. The molecule has 1 amide bonds. The van der Waals surface area contributed by atoms with Crippen molar-refractivity contribution in [2.24, 2.45) is 0 Å². The van der Waals surface area contributed by atoms with Crippen LogP contribution in [0.5, 0.6) is 5.75 Å². The number of methoxy groups -OCH3 is 2. The maximum atomic E-state index is 12.9. The quantitative estimate of drug-likeness (QED) is 0.562. The molecule has 0 fully saturated rings. The largest absolute Gasteiger partial charge is 0.496 e. The van der Waals surface area contributed by atoms with Gasteiger partial charge in [0.2, 0.25) is 0 Å². The van der Waals surface area contributed by atoms with Gasteiger partial charge in [-0.25, -0.2) is 4.79 Å². The molecule has 2 aromatic carbocycles. The van der Waals surface area contributed by atoms with Crippen molar-refractivity contribution in [2.45, 2.75) is 26.9 Å². The van der Waals surface area contributed by atoms with E-state index >= 15 is 0 Å². The van der Waals surface area contributed by atoms with Gasteiger partial charge in [0, 0.05) is 17.3 Å². The molecule has 3 rings (SSSR count). The molecule has 0 atom stereocenters. The number of benzene rings is 2. The Labute approximate surface area is 185 Å². The molecule has 0 spiro atoms. The molecule has 1 heterocycles. The van der Waals surface area contributed by atoms with Crippen LogP contribution in [0.2, 0.25) is 5.02 Å². The fourth-order valence-electron chi connectivity index (χ4n) is 3.37. The van der Waals surface area contributed by atoms with Crippen LogP contribution in [0.4, 0.5) is 0 Å². The molecule has 0 bridgehead atoms. The van der Waals surface area contributed by atoms with Crippen molar-refractivity contribution in [2.75, 3.05) is 14.2 Å². The Balaban J connectivity index is 1.76. The number of nitrogens with zero attached hydrogens (tertiary/aromatic N) is 2. The molecule has 3 aromatic rings. The molecule has 8 heteroatoms. The average molecular weight is 442 g/mol. The number of esters is 1. The van der Waals surface area contributed by atoms with Crippen molar-refractivity contribution in [1.29, 1.82) is 0 Å². The molecule has 0 aliphatic carbocycles. The lowest BCUT2D eigenvalue weighted by Crippen LogP contribution is -2.24. The average Bonchev–Trinajstić information content (AvgIpc) is 3.05. The van der Waals surface area contributed by atoms with Crippen LogP contribution in [0.3, 0.4) is 0 Å². The lowest BCUT2D eigenvalue weighted by molar-refractivity contribution is 0.0597. The van der Waals surface area contributed by atoms with E-state index in [1.807, 2.05) is 31.2 Å². The van der Waals surface area contributed by atoms with E-state index in [1.54, 1.807) is 29.8 Å². The van der Waals surface area contributed by atoms with Gasteiger partial charge in [-0.15, -0.1) is 0 Å². The van der Waals surface area contributed by atoms with E-state index in [0.717, 1.165) is 16.8 Å². The highest BCUT2D eigenvalue weighted by atomic mass is 35.5. The minimum Gasteiger partial charge on any atom is -0.496 e. The van der Waals surface area contributed by atoms with E-state index < -0.39 is 5.97 Å². The third-order valence-corrected chi connectivity index (χ3v) is 5.38. The summed E-state index contributed by atoms with van der Waals surface area (Å²) in [6.07, 6.45) is 0. The first kappa shape index (κ1) is 22.4. The van der Waals surface area contributed by atoms with Crippen LogP contribution in [0.1, 0.15) is 43.2 Å². The molecule has 0 saturated carbocycles. The number of aromatic nitrogens is 2. The predicted molar refractivity (Wildman–Crippen MR) is 118 cm³/mol. The molecule has 162 valence electrons. The van der Waals surface area contributed by atoms with E-state index in [4.69, 9.17) is 21.1 Å². The Bertz CT molecular complexity index is 1120.